The van der Waals surface area contributed by atoms with Crippen LogP contribution in [0.1, 0.15) is 181 Å². The van der Waals surface area contributed by atoms with E-state index in [-0.39, 0.29) is 32.0 Å². The molecule has 1 N–H and O–H groups in total. The van der Waals surface area contributed by atoms with E-state index in [4.69, 9.17) is 18.5 Å². The highest BCUT2D eigenvalue weighted by molar-refractivity contribution is 7.47. The third-order valence-electron chi connectivity index (χ3n) is 9.17. The van der Waals surface area contributed by atoms with E-state index in [1.54, 1.807) is 0 Å². The van der Waals surface area contributed by atoms with Gasteiger partial charge in [-0.3, -0.25) is 18.6 Å². The maximum Gasteiger partial charge on any atom is 0.472 e. The summed E-state index contributed by atoms with van der Waals surface area (Å²) in [6.45, 7) is 4.37. The van der Waals surface area contributed by atoms with Crippen LogP contribution >= 0.6 is 7.82 Å². The van der Waals surface area contributed by atoms with Crippen LogP contribution < -0.4 is 0 Å². The van der Waals surface area contributed by atoms with E-state index in [0.717, 1.165) is 51.4 Å². The Morgan fingerprint density at radius 3 is 1.52 bits per heavy atom. The molecule has 0 aromatic carbocycles. The first kappa shape index (κ1) is 52.2. The largest absolute Gasteiger partial charge is 0.472 e. The molecule has 0 aliphatic heterocycles. The Balaban J connectivity index is 4.40. The van der Waals surface area contributed by atoms with Crippen LogP contribution in [-0.4, -0.2) is 74.9 Å². The standard InChI is InChI=1S/C44H82NO8P/c1-6-8-10-12-14-16-18-20-21-22-23-25-26-28-30-32-34-36-43(46)50-40-42(41-52-54(48,49)51-39-38-45(3,4)5)53-44(47)37-35-33-31-29-27-24-19-17-15-13-11-9-7-2/h14,16,20-21,23,25,42H,6-13,15,17-19,22,24,26-41H2,1-5H3/p+1/b16-14+,21-20+,25-23+/t42-/m1/s1. The summed E-state index contributed by atoms with van der Waals surface area (Å²) < 4.78 is 34.3. The fourth-order valence-electron chi connectivity index (χ4n) is 5.73. The second-order valence-electron chi connectivity index (χ2n) is 15.7. The van der Waals surface area contributed by atoms with Gasteiger partial charge in [-0.05, 0) is 51.4 Å². The summed E-state index contributed by atoms with van der Waals surface area (Å²) >= 11 is 0. The van der Waals surface area contributed by atoms with E-state index >= 15 is 0 Å². The molecule has 0 bridgehead atoms. The Morgan fingerprint density at radius 2 is 1.00 bits per heavy atom. The van der Waals surface area contributed by atoms with Gasteiger partial charge in [-0.15, -0.1) is 0 Å². The average Bonchev–Trinajstić information content (AvgIpc) is 3.12. The molecule has 0 amide bonds. The zero-order chi connectivity index (χ0) is 40.0. The number of quaternary nitrogens is 1. The zero-order valence-corrected chi connectivity index (χ0v) is 36.3. The van der Waals surface area contributed by atoms with Crippen LogP contribution in [0.3, 0.4) is 0 Å². The monoisotopic (exact) mass is 785 g/mol. The average molecular weight is 785 g/mol. The van der Waals surface area contributed by atoms with Gasteiger partial charge in [0.1, 0.15) is 19.8 Å². The maximum absolute atomic E-state index is 12.7. The molecule has 0 aromatic heterocycles. The van der Waals surface area contributed by atoms with E-state index in [1.165, 1.54) is 89.9 Å². The quantitative estimate of drug-likeness (QED) is 0.0216. The first-order valence-electron chi connectivity index (χ1n) is 21.7. The van der Waals surface area contributed by atoms with Crippen molar-refractivity contribution < 1.29 is 42.1 Å². The predicted octanol–water partition coefficient (Wildman–Crippen LogP) is 12.1. The summed E-state index contributed by atoms with van der Waals surface area (Å²) in [4.78, 5) is 35.3. The van der Waals surface area contributed by atoms with E-state index in [1.807, 2.05) is 21.1 Å². The molecule has 1 unspecified atom stereocenters. The van der Waals surface area contributed by atoms with Gasteiger partial charge < -0.3 is 18.9 Å². The molecule has 0 heterocycles. The topological polar surface area (TPSA) is 108 Å². The van der Waals surface area contributed by atoms with Gasteiger partial charge in [-0.25, -0.2) is 4.57 Å². The minimum absolute atomic E-state index is 0.0285. The number of esters is 2. The Morgan fingerprint density at radius 1 is 0.574 bits per heavy atom. The number of likely N-dealkylation sites (N-methyl/N-ethyl adjacent to an activating group) is 1. The molecule has 0 rings (SSSR count). The second kappa shape index (κ2) is 36.8. The van der Waals surface area contributed by atoms with E-state index in [9.17, 15) is 19.0 Å². The number of hydrogen-bond acceptors (Lipinski definition) is 7. The molecular formula is C44H83NO8P+. The lowest BCUT2D eigenvalue weighted by Gasteiger charge is -2.24. The summed E-state index contributed by atoms with van der Waals surface area (Å²) in [6.07, 6.45) is 40.4. The molecule has 0 saturated carbocycles. The highest BCUT2D eigenvalue weighted by Crippen LogP contribution is 2.43. The van der Waals surface area contributed by atoms with Crippen molar-refractivity contribution >= 4 is 19.8 Å². The molecule has 0 aliphatic carbocycles. The van der Waals surface area contributed by atoms with E-state index in [0.29, 0.717) is 23.9 Å². The number of carbonyl (C=O) groups excluding carboxylic acids is 2. The van der Waals surface area contributed by atoms with Gasteiger partial charge in [-0.1, -0.05) is 153 Å². The number of rotatable bonds is 39. The van der Waals surface area contributed by atoms with Crippen molar-refractivity contribution in [1.29, 1.82) is 0 Å². The Hall–Kier alpha value is -1.77. The lowest BCUT2D eigenvalue weighted by atomic mass is 10.0. The molecule has 316 valence electrons. The van der Waals surface area contributed by atoms with Crippen LogP contribution in [0.25, 0.3) is 0 Å². The Kier molecular flexibility index (Phi) is 35.6. The number of nitrogens with zero attached hydrogens (tertiary/aromatic N) is 1. The molecule has 0 fully saturated rings. The van der Waals surface area contributed by atoms with Crippen LogP contribution in [0.4, 0.5) is 0 Å². The maximum atomic E-state index is 12.7. The van der Waals surface area contributed by atoms with E-state index < -0.39 is 26.5 Å². The van der Waals surface area contributed by atoms with E-state index in [2.05, 4.69) is 50.3 Å². The highest BCUT2D eigenvalue weighted by atomic mass is 31.2. The molecule has 0 aliphatic rings. The van der Waals surface area contributed by atoms with Gasteiger partial charge in [0.05, 0.1) is 27.7 Å². The van der Waals surface area contributed by atoms with Crippen LogP contribution in [0.15, 0.2) is 36.5 Å². The predicted molar refractivity (Wildman–Crippen MR) is 224 cm³/mol. The number of allylic oxidation sites excluding steroid dienone is 6. The minimum atomic E-state index is -4.37. The molecule has 2 atom stereocenters. The lowest BCUT2D eigenvalue weighted by molar-refractivity contribution is -0.870. The van der Waals surface area contributed by atoms with Gasteiger partial charge in [-0.2, -0.15) is 0 Å². The van der Waals surface area contributed by atoms with Gasteiger partial charge in [0.15, 0.2) is 6.10 Å². The summed E-state index contributed by atoms with van der Waals surface area (Å²) in [5.74, 6) is -0.821. The molecule has 0 saturated heterocycles. The van der Waals surface area contributed by atoms with Crippen LogP contribution in [0.2, 0.25) is 0 Å². The summed E-state index contributed by atoms with van der Waals surface area (Å²) in [5, 5.41) is 0. The third-order valence-corrected chi connectivity index (χ3v) is 10.2. The first-order chi connectivity index (χ1) is 26.0. The number of ether oxygens (including phenoxy) is 2. The number of phosphoric acid groups is 1. The molecule has 0 spiro atoms. The van der Waals surface area contributed by atoms with Crippen molar-refractivity contribution in [1.82, 2.24) is 0 Å². The molecular weight excluding hydrogens is 701 g/mol. The molecule has 0 aromatic rings. The number of hydrogen-bond donors (Lipinski definition) is 1. The fourth-order valence-corrected chi connectivity index (χ4v) is 6.47. The lowest BCUT2D eigenvalue weighted by Crippen LogP contribution is -2.37. The van der Waals surface area contributed by atoms with Crippen LogP contribution in [-0.2, 0) is 32.7 Å². The van der Waals surface area contributed by atoms with Crippen molar-refractivity contribution in [3.05, 3.63) is 36.5 Å². The fraction of sp³-hybridized carbons (Fsp3) is 0.818. The van der Waals surface area contributed by atoms with Crippen LogP contribution in [0, 0.1) is 0 Å². The number of phosphoric ester groups is 1. The van der Waals surface area contributed by atoms with Crippen molar-refractivity contribution in [3.8, 4) is 0 Å². The van der Waals surface area contributed by atoms with Gasteiger partial charge in [0, 0.05) is 12.8 Å². The highest BCUT2D eigenvalue weighted by Gasteiger charge is 2.27. The van der Waals surface area contributed by atoms with Gasteiger partial charge in [0.2, 0.25) is 0 Å². The summed E-state index contributed by atoms with van der Waals surface area (Å²) in [6, 6.07) is 0. The van der Waals surface area contributed by atoms with Crippen molar-refractivity contribution in [3.63, 3.8) is 0 Å². The van der Waals surface area contributed by atoms with Gasteiger partial charge in [0.25, 0.3) is 0 Å². The molecule has 0 radical (unpaired) electrons. The summed E-state index contributed by atoms with van der Waals surface area (Å²) in [7, 11) is 1.46. The molecule has 9 nitrogen and oxygen atoms in total. The molecule has 10 heteroatoms. The van der Waals surface area contributed by atoms with Crippen LogP contribution in [0.5, 0.6) is 0 Å². The van der Waals surface area contributed by atoms with Gasteiger partial charge >= 0.3 is 19.8 Å². The molecule has 54 heavy (non-hydrogen) atoms. The van der Waals surface area contributed by atoms with Crippen molar-refractivity contribution in [2.24, 2.45) is 0 Å². The first-order valence-corrected chi connectivity index (χ1v) is 23.2. The summed E-state index contributed by atoms with van der Waals surface area (Å²) in [5.41, 5.74) is 0. The number of unbranched alkanes of at least 4 members (excludes halogenated alkanes) is 19. The Labute approximate surface area is 331 Å². The third kappa shape index (κ3) is 39.9. The normalized spacial score (nSPS) is 14.0. The smallest absolute Gasteiger partial charge is 0.462 e. The van der Waals surface area contributed by atoms with Crippen molar-refractivity contribution in [2.75, 3.05) is 47.5 Å². The van der Waals surface area contributed by atoms with Crippen molar-refractivity contribution in [2.45, 2.75) is 187 Å². The SMILES string of the molecule is CCCCC/C=C/C/C=C/C/C=C/CCCCCCC(=O)OC[C@H](COP(=O)(O)OCC[N+](C)(C)C)OC(=O)CCCCCCCCCCCCCCC. The zero-order valence-electron chi connectivity index (χ0n) is 35.5. The number of carbonyl (C=O) groups is 2. The minimum Gasteiger partial charge on any atom is -0.462 e. The second-order valence-corrected chi connectivity index (χ2v) is 17.2. The Bertz CT molecular complexity index is 1020.